The Bertz CT molecular complexity index is 355. The predicted octanol–water partition coefficient (Wildman–Crippen LogP) is 1.85. The molecule has 1 aliphatic heterocycles. The van der Waals surface area contributed by atoms with Crippen LogP contribution in [0.25, 0.3) is 0 Å². The maximum Gasteiger partial charge on any atom is 0.138 e. The molecule has 2 N–H and O–H groups in total. The lowest BCUT2D eigenvalue weighted by molar-refractivity contribution is 0.144. The van der Waals surface area contributed by atoms with Gasteiger partial charge in [-0.2, -0.15) is 0 Å². The third kappa shape index (κ3) is 2.69. The molecule has 1 saturated heterocycles. The van der Waals surface area contributed by atoms with Crippen LogP contribution in [-0.2, 0) is 6.54 Å². The van der Waals surface area contributed by atoms with E-state index in [1.165, 1.54) is 12.0 Å². The van der Waals surface area contributed by atoms with E-state index in [-0.39, 0.29) is 0 Å². The van der Waals surface area contributed by atoms with Crippen LogP contribution in [0.4, 0.5) is 0 Å². The lowest BCUT2D eigenvalue weighted by Gasteiger charge is -2.36. The van der Waals surface area contributed by atoms with Gasteiger partial charge in [0.15, 0.2) is 0 Å². The SMILES string of the molecule is CCC1CN(Cc2c(C)noc2C)CCC1N. The third-order valence-corrected chi connectivity index (χ3v) is 3.96. The fourth-order valence-electron chi connectivity index (χ4n) is 2.65. The number of likely N-dealkylation sites (tertiary alicyclic amines) is 1. The number of piperidine rings is 1. The second-order valence-corrected chi connectivity index (χ2v) is 5.16. The van der Waals surface area contributed by atoms with E-state index in [4.69, 9.17) is 10.3 Å². The molecule has 0 aliphatic carbocycles. The Morgan fingerprint density at radius 3 is 2.82 bits per heavy atom. The second kappa shape index (κ2) is 5.19. The average molecular weight is 237 g/mol. The average Bonchev–Trinajstić information content (AvgIpc) is 2.63. The zero-order valence-corrected chi connectivity index (χ0v) is 11.1. The Balaban J connectivity index is 2.00. The van der Waals surface area contributed by atoms with E-state index in [9.17, 15) is 0 Å². The van der Waals surface area contributed by atoms with Crippen LogP contribution in [0.5, 0.6) is 0 Å². The highest BCUT2D eigenvalue weighted by molar-refractivity contribution is 5.20. The van der Waals surface area contributed by atoms with Gasteiger partial charge in [0.2, 0.25) is 0 Å². The minimum Gasteiger partial charge on any atom is -0.361 e. The lowest BCUT2D eigenvalue weighted by Crippen LogP contribution is -2.46. The van der Waals surface area contributed by atoms with E-state index >= 15 is 0 Å². The Morgan fingerprint density at radius 1 is 1.47 bits per heavy atom. The van der Waals surface area contributed by atoms with Crippen molar-refractivity contribution in [2.75, 3.05) is 13.1 Å². The van der Waals surface area contributed by atoms with Crippen molar-refractivity contribution in [2.24, 2.45) is 11.7 Å². The van der Waals surface area contributed by atoms with Crippen LogP contribution in [-0.4, -0.2) is 29.2 Å². The molecule has 2 unspecified atom stereocenters. The Morgan fingerprint density at radius 2 is 2.24 bits per heavy atom. The standard InChI is InChI=1S/C13H23N3O/c1-4-11-7-16(6-5-13(11)14)8-12-9(2)15-17-10(12)3/h11,13H,4-8,14H2,1-3H3. The van der Waals surface area contributed by atoms with E-state index in [0.717, 1.165) is 37.5 Å². The molecule has 4 nitrogen and oxygen atoms in total. The second-order valence-electron chi connectivity index (χ2n) is 5.16. The van der Waals surface area contributed by atoms with Gasteiger partial charge in [-0.25, -0.2) is 0 Å². The van der Waals surface area contributed by atoms with Crippen molar-refractivity contribution < 1.29 is 4.52 Å². The smallest absolute Gasteiger partial charge is 0.138 e. The first-order valence-corrected chi connectivity index (χ1v) is 6.51. The molecule has 2 heterocycles. The number of hydrogen-bond donors (Lipinski definition) is 1. The summed E-state index contributed by atoms with van der Waals surface area (Å²) in [5, 5.41) is 4.01. The summed E-state index contributed by atoms with van der Waals surface area (Å²) in [6, 6.07) is 0.376. The maximum atomic E-state index is 6.13. The molecule has 0 radical (unpaired) electrons. The highest BCUT2D eigenvalue weighted by atomic mass is 16.5. The van der Waals surface area contributed by atoms with Crippen LogP contribution in [0, 0.1) is 19.8 Å². The molecule has 0 spiro atoms. The predicted molar refractivity (Wildman–Crippen MR) is 67.6 cm³/mol. The zero-order chi connectivity index (χ0) is 12.4. The van der Waals surface area contributed by atoms with Crippen molar-refractivity contribution in [1.82, 2.24) is 10.1 Å². The molecule has 0 saturated carbocycles. The summed E-state index contributed by atoms with van der Waals surface area (Å²) in [7, 11) is 0. The minimum atomic E-state index is 0.376. The van der Waals surface area contributed by atoms with Crippen molar-refractivity contribution in [3.63, 3.8) is 0 Å². The van der Waals surface area contributed by atoms with Crippen LogP contribution in [0.3, 0.4) is 0 Å². The van der Waals surface area contributed by atoms with E-state index in [2.05, 4.69) is 17.0 Å². The number of nitrogens with zero attached hydrogens (tertiary/aromatic N) is 2. The summed E-state index contributed by atoms with van der Waals surface area (Å²) in [4.78, 5) is 2.48. The monoisotopic (exact) mass is 237 g/mol. The Labute approximate surface area is 103 Å². The van der Waals surface area contributed by atoms with Crippen LogP contribution >= 0.6 is 0 Å². The molecule has 1 aromatic heterocycles. The summed E-state index contributed by atoms with van der Waals surface area (Å²) in [5.74, 6) is 1.58. The molecule has 0 aromatic carbocycles. The van der Waals surface area contributed by atoms with Gasteiger partial charge in [0, 0.05) is 24.7 Å². The van der Waals surface area contributed by atoms with Crippen molar-refractivity contribution in [1.29, 1.82) is 0 Å². The molecular formula is C13H23N3O. The summed E-state index contributed by atoms with van der Waals surface area (Å²) in [6.07, 6.45) is 2.27. The van der Waals surface area contributed by atoms with Gasteiger partial charge < -0.3 is 10.3 Å². The van der Waals surface area contributed by atoms with E-state index in [1.807, 2.05) is 13.8 Å². The van der Waals surface area contributed by atoms with Crippen molar-refractivity contribution in [3.8, 4) is 0 Å². The van der Waals surface area contributed by atoms with E-state index < -0.39 is 0 Å². The molecule has 17 heavy (non-hydrogen) atoms. The first kappa shape index (κ1) is 12.6. The van der Waals surface area contributed by atoms with Gasteiger partial charge in [0.05, 0.1) is 5.69 Å². The van der Waals surface area contributed by atoms with Crippen LogP contribution in [0.1, 0.15) is 36.8 Å². The van der Waals surface area contributed by atoms with Crippen LogP contribution in [0.15, 0.2) is 4.52 Å². The summed E-state index contributed by atoms with van der Waals surface area (Å²) < 4.78 is 5.21. The topological polar surface area (TPSA) is 55.3 Å². The normalized spacial score (nSPS) is 26.4. The number of aryl methyl sites for hydroxylation is 2. The van der Waals surface area contributed by atoms with Gasteiger partial charge in [-0.3, -0.25) is 4.90 Å². The quantitative estimate of drug-likeness (QED) is 0.871. The van der Waals surface area contributed by atoms with Crippen molar-refractivity contribution in [3.05, 3.63) is 17.0 Å². The van der Waals surface area contributed by atoms with Gasteiger partial charge in [-0.05, 0) is 32.7 Å². The largest absolute Gasteiger partial charge is 0.361 e. The molecule has 0 bridgehead atoms. The molecular weight excluding hydrogens is 214 g/mol. The zero-order valence-electron chi connectivity index (χ0n) is 11.1. The molecule has 2 rings (SSSR count). The Hall–Kier alpha value is -0.870. The Kier molecular flexibility index (Phi) is 3.84. The molecule has 1 aromatic rings. The fraction of sp³-hybridized carbons (Fsp3) is 0.769. The molecule has 2 atom stereocenters. The molecule has 1 aliphatic rings. The lowest BCUT2D eigenvalue weighted by atomic mass is 9.90. The first-order chi connectivity index (χ1) is 8.11. The van der Waals surface area contributed by atoms with Gasteiger partial charge >= 0.3 is 0 Å². The first-order valence-electron chi connectivity index (χ1n) is 6.51. The number of nitrogens with two attached hydrogens (primary N) is 1. The number of hydrogen-bond acceptors (Lipinski definition) is 4. The molecule has 4 heteroatoms. The van der Waals surface area contributed by atoms with E-state index in [1.54, 1.807) is 0 Å². The van der Waals surface area contributed by atoms with Gasteiger partial charge in [0.25, 0.3) is 0 Å². The highest BCUT2D eigenvalue weighted by Crippen LogP contribution is 2.22. The maximum absolute atomic E-state index is 6.13. The summed E-state index contributed by atoms with van der Waals surface area (Å²) >= 11 is 0. The molecule has 0 amide bonds. The van der Waals surface area contributed by atoms with Gasteiger partial charge in [-0.1, -0.05) is 18.5 Å². The highest BCUT2D eigenvalue weighted by Gasteiger charge is 2.26. The van der Waals surface area contributed by atoms with Crippen molar-refractivity contribution in [2.45, 2.75) is 46.2 Å². The van der Waals surface area contributed by atoms with Crippen molar-refractivity contribution >= 4 is 0 Å². The van der Waals surface area contributed by atoms with Gasteiger partial charge in [0.1, 0.15) is 5.76 Å². The fourth-order valence-corrected chi connectivity index (χ4v) is 2.65. The molecule has 1 fully saturated rings. The van der Waals surface area contributed by atoms with E-state index in [0.29, 0.717) is 12.0 Å². The third-order valence-electron chi connectivity index (χ3n) is 3.96. The number of rotatable bonds is 3. The summed E-state index contributed by atoms with van der Waals surface area (Å²) in [6.45, 7) is 9.36. The van der Waals surface area contributed by atoms with Crippen LogP contribution < -0.4 is 5.73 Å². The number of aromatic nitrogens is 1. The molecule has 96 valence electrons. The summed E-state index contributed by atoms with van der Waals surface area (Å²) in [5.41, 5.74) is 8.39. The minimum absolute atomic E-state index is 0.376. The van der Waals surface area contributed by atoms with Crippen LogP contribution in [0.2, 0.25) is 0 Å². The van der Waals surface area contributed by atoms with Gasteiger partial charge in [-0.15, -0.1) is 0 Å².